The highest BCUT2D eigenvalue weighted by Crippen LogP contribution is 2.22. The lowest BCUT2D eigenvalue weighted by atomic mass is 10.0. The molecule has 5 nitrogen and oxygen atoms in total. The molecule has 0 spiro atoms. The van der Waals surface area contributed by atoms with E-state index in [0.29, 0.717) is 24.8 Å². The Morgan fingerprint density at radius 2 is 1.93 bits per heavy atom. The Balaban J connectivity index is 1.74. The Morgan fingerprint density at radius 3 is 2.54 bits per heavy atom. The summed E-state index contributed by atoms with van der Waals surface area (Å²) in [6, 6.07) is 8.67. The van der Waals surface area contributed by atoms with Gasteiger partial charge in [-0.15, -0.1) is 0 Å². The summed E-state index contributed by atoms with van der Waals surface area (Å²) in [5.41, 5.74) is 1.89. The molecule has 152 valence electrons. The van der Waals surface area contributed by atoms with Crippen LogP contribution in [0, 0.1) is 11.7 Å². The highest BCUT2D eigenvalue weighted by molar-refractivity contribution is 5.91. The van der Waals surface area contributed by atoms with Crippen LogP contribution in [0.2, 0.25) is 0 Å². The van der Waals surface area contributed by atoms with Crippen LogP contribution in [0.25, 0.3) is 0 Å². The Hall–Kier alpha value is -2.21. The quantitative estimate of drug-likeness (QED) is 0.767. The molecule has 2 heterocycles. The lowest BCUT2D eigenvalue weighted by Crippen LogP contribution is -2.45. The second kappa shape index (κ2) is 8.86. The monoisotopic (exact) mass is 387 g/mol. The fourth-order valence-electron chi connectivity index (χ4n) is 3.72. The average molecular weight is 387 g/mol. The fourth-order valence-corrected chi connectivity index (χ4v) is 3.72. The summed E-state index contributed by atoms with van der Waals surface area (Å²) in [6.07, 6.45) is 0.890. The highest BCUT2D eigenvalue weighted by atomic mass is 19.1. The van der Waals surface area contributed by atoms with Crippen molar-refractivity contribution in [3.05, 3.63) is 53.2 Å². The van der Waals surface area contributed by atoms with Gasteiger partial charge in [-0.05, 0) is 36.0 Å². The molecule has 1 unspecified atom stereocenters. The fraction of sp³-hybridized carbons (Fsp3) is 0.545. The number of rotatable bonds is 5. The van der Waals surface area contributed by atoms with Crippen LogP contribution < -0.4 is 0 Å². The molecule has 1 aliphatic heterocycles. The first-order valence-electron chi connectivity index (χ1n) is 10.1. The van der Waals surface area contributed by atoms with Crippen molar-refractivity contribution in [1.82, 2.24) is 15.0 Å². The summed E-state index contributed by atoms with van der Waals surface area (Å²) in [5, 5.41) is 4.02. The van der Waals surface area contributed by atoms with Gasteiger partial charge in [0.15, 0.2) is 0 Å². The van der Waals surface area contributed by atoms with Crippen molar-refractivity contribution in [2.45, 2.75) is 52.6 Å². The lowest BCUT2D eigenvalue weighted by Gasteiger charge is -2.34. The van der Waals surface area contributed by atoms with Gasteiger partial charge < -0.3 is 9.42 Å². The van der Waals surface area contributed by atoms with E-state index in [9.17, 15) is 9.18 Å². The molecule has 0 aliphatic carbocycles. The minimum atomic E-state index is -0.218. The molecule has 0 saturated carbocycles. The predicted octanol–water partition coefficient (Wildman–Crippen LogP) is 4.31. The summed E-state index contributed by atoms with van der Waals surface area (Å²) in [5.74, 6) is 0.621. The van der Waals surface area contributed by atoms with E-state index >= 15 is 0 Å². The van der Waals surface area contributed by atoms with E-state index in [1.54, 1.807) is 6.07 Å². The first kappa shape index (κ1) is 20.5. The minimum absolute atomic E-state index is 0.0892. The molecule has 1 amide bonds. The van der Waals surface area contributed by atoms with E-state index in [4.69, 9.17) is 4.52 Å². The van der Waals surface area contributed by atoms with Crippen LogP contribution in [-0.4, -0.2) is 46.5 Å². The number of amides is 1. The standard InChI is InChI=1S/C22H30FN3O2/c1-15(2)19-12-21(28-24-19)22(27)26-11-5-10-25(20(14-26)16(3)4)13-17-6-8-18(23)9-7-17/h6-9,12,15-16,20H,5,10-11,13-14H2,1-4H3. The van der Waals surface area contributed by atoms with Crippen molar-refractivity contribution in [3.63, 3.8) is 0 Å². The Labute approximate surface area is 166 Å². The van der Waals surface area contributed by atoms with E-state index < -0.39 is 0 Å². The molecular formula is C22H30FN3O2. The van der Waals surface area contributed by atoms with Gasteiger partial charge in [-0.3, -0.25) is 9.69 Å². The molecule has 0 radical (unpaired) electrons. The molecule has 1 atom stereocenters. The second-order valence-corrected chi connectivity index (χ2v) is 8.28. The molecule has 0 N–H and O–H groups in total. The number of hydrogen-bond donors (Lipinski definition) is 0. The van der Waals surface area contributed by atoms with Crippen LogP contribution in [-0.2, 0) is 6.54 Å². The van der Waals surface area contributed by atoms with Crippen LogP contribution in [0.3, 0.4) is 0 Å². The molecule has 1 aromatic carbocycles. The van der Waals surface area contributed by atoms with Gasteiger partial charge in [0, 0.05) is 38.3 Å². The molecule has 6 heteroatoms. The first-order chi connectivity index (χ1) is 13.3. The van der Waals surface area contributed by atoms with Crippen molar-refractivity contribution < 1.29 is 13.7 Å². The maximum absolute atomic E-state index is 13.2. The second-order valence-electron chi connectivity index (χ2n) is 8.28. The molecule has 28 heavy (non-hydrogen) atoms. The molecule has 1 aromatic heterocycles. The Bertz CT molecular complexity index is 785. The van der Waals surface area contributed by atoms with Gasteiger partial charge in [0.1, 0.15) is 5.82 Å². The van der Waals surface area contributed by atoms with Crippen molar-refractivity contribution in [1.29, 1.82) is 0 Å². The van der Waals surface area contributed by atoms with Crippen LogP contribution in [0.4, 0.5) is 4.39 Å². The van der Waals surface area contributed by atoms with Crippen molar-refractivity contribution in [2.24, 2.45) is 5.92 Å². The Kier molecular flexibility index (Phi) is 6.50. The highest BCUT2D eigenvalue weighted by Gasteiger charge is 2.31. The number of carbonyl (C=O) groups is 1. The average Bonchev–Trinajstić information content (AvgIpc) is 3.06. The summed E-state index contributed by atoms with van der Waals surface area (Å²) in [6.45, 7) is 11.4. The topological polar surface area (TPSA) is 49.6 Å². The molecule has 0 bridgehead atoms. The zero-order valence-electron chi connectivity index (χ0n) is 17.2. The third-order valence-electron chi connectivity index (χ3n) is 5.44. The molecule has 1 fully saturated rings. The number of carbonyl (C=O) groups excluding carboxylic acids is 1. The SMILES string of the molecule is CC(C)c1cc(C(=O)N2CCCN(Cc3ccc(F)cc3)C(C(C)C)C2)on1. The van der Waals surface area contributed by atoms with Crippen molar-refractivity contribution >= 4 is 5.91 Å². The maximum Gasteiger partial charge on any atom is 0.292 e. The zero-order chi connectivity index (χ0) is 20.3. The van der Waals surface area contributed by atoms with Crippen molar-refractivity contribution in [2.75, 3.05) is 19.6 Å². The summed E-state index contributed by atoms with van der Waals surface area (Å²) < 4.78 is 18.5. The van der Waals surface area contributed by atoms with E-state index in [-0.39, 0.29) is 23.7 Å². The van der Waals surface area contributed by atoms with Gasteiger partial charge in [-0.1, -0.05) is 45.0 Å². The third kappa shape index (κ3) is 4.79. The number of benzene rings is 1. The number of aromatic nitrogens is 1. The number of nitrogens with zero attached hydrogens (tertiary/aromatic N) is 3. The van der Waals surface area contributed by atoms with Gasteiger partial charge in [0.2, 0.25) is 5.76 Å². The van der Waals surface area contributed by atoms with Gasteiger partial charge in [0.05, 0.1) is 5.69 Å². The predicted molar refractivity (Wildman–Crippen MR) is 107 cm³/mol. The zero-order valence-corrected chi connectivity index (χ0v) is 17.2. The maximum atomic E-state index is 13.2. The molecule has 1 saturated heterocycles. The number of hydrogen-bond acceptors (Lipinski definition) is 4. The van der Waals surface area contributed by atoms with Crippen molar-refractivity contribution in [3.8, 4) is 0 Å². The van der Waals surface area contributed by atoms with Crippen LogP contribution in [0.1, 0.15) is 61.8 Å². The lowest BCUT2D eigenvalue weighted by molar-refractivity contribution is 0.0662. The normalized spacial score (nSPS) is 18.7. The van der Waals surface area contributed by atoms with E-state index in [1.165, 1.54) is 12.1 Å². The van der Waals surface area contributed by atoms with Gasteiger partial charge in [-0.2, -0.15) is 0 Å². The molecule has 3 rings (SSSR count). The Morgan fingerprint density at radius 1 is 1.21 bits per heavy atom. The summed E-state index contributed by atoms with van der Waals surface area (Å²) >= 11 is 0. The van der Waals surface area contributed by atoms with Gasteiger partial charge >= 0.3 is 0 Å². The third-order valence-corrected chi connectivity index (χ3v) is 5.44. The van der Waals surface area contributed by atoms with Crippen LogP contribution >= 0.6 is 0 Å². The van der Waals surface area contributed by atoms with Gasteiger partial charge in [0.25, 0.3) is 5.91 Å². The van der Waals surface area contributed by atoms with Gasteiger partial charge in [-0.25, -0.2) is 4.39 Å². The van der Waals surface area contributed by atoms with E-state index in [1.807, 2.05) is 30.9 Å². The first-order valence-corrected chi connectivity index (χ1v) is 10.1. The molecular weight excluding hydrogens is 357 g/mol. The minimum Gasteiger partial charge on any atom is -0.351 e. The van der Waals surface area contributed by atoms with E-state index in [2.05, 4.69) is 23.9 Å². The smallest absolute Gasteiger partial charge is 0.292 e. The molecule has 1 aliphatic rings. The summed E-state index contributed by atoms with van der Waals surface area (Å²) in [7, 11) is 0. The van der Waals surface area contributed by atoms with E-state index in [0.717, 1.165) is 30.8 Å². The summed E-state index contributed by atoms with van der Waals surface area (Å²) in [4.78, 5) is 17.3. The van der Waals surface area contributed by atoms with Crippen LogP contribution in [0.15, 0.2) is 34.9 Å². The molecule has 2 aromatic rings. The number of halogens is 1. The van der Waals surface area contributed by atoms with Crippen LogP contribution in [0.5, 0.6) is 0 Å². The largest absolute Gasteiger partial charge is 0.351 e.